The van der Waals surface area contributed by atoms with E-state index in [1.165, 1.54) is 4.57 Å². The van der Waals surface area contributed by atoms with Gasteiger partial charge in [0.25, 0.3) is 0 Å². The second-order valence-corrected chi connectivity index (χ2v) is 6.38. The van der Waals surface area contributed by atoms with Gasteiger partial charge in [0.2, 0.25) is 0 Å². The van der Waals surface area contributed by atoms with Gasteiger partial charge in [0.1, 0.15) is 0 Å². The number of hydrogen-bond acceptors (Lipinski definition) is 4. The molecule has 1 aliphatic rings. The smallest absolute Gasteiger partial charge is 0.305 e. The lowest BCUT2D eigenvalue weighted by Crippen LogP contribution is -2.43. The first-order chi connectivity index (χ1) is 11.6. The van der Waals surface area contributed by atoms with Crippen molar-refractivity contribution in [2.75, 3.05) is 0 Å². The molecule has 0 saturated heterocycles. The van der Waals surface area contributed by atoms with Gasteiger partial charge in [-0.05, 0) is 37.5 Å². The molecule has 0 atom stereocenters. The average Bonchev–Trinajstić information content (AvgIpc) is 3.11. The molecule has 3 heterocycles. The zero-order chi connectivity index (χ0) is 16.7. The lowest BCUT2D eigenvalue weighted by atomic mass is 10.2. The fourth-order valence-corrected chi connectivity index (χ4v) is 2.73. The van der Waals surface area contributed by atoms with Gasteiger partial charge in [-0.1, -0.05) is 6.07 Å². The van der Waals surface area contributed by atoms with Gasteiger partial charge in [0, 0.05) is 36.5 Å². The van der Waals surface area contributed by atoms with Gasteiger partial charge < -0.3 is 9.13 Å². The van der Waals surface area contributed by atoms with Gasteiger partial charge in [-0.15, -0.1) is 0 Å². The maximum absolute atomic E-state index is 12.3. The highest BCUT2D eigenvalue weighted by atomic mass is 16.2. The molecule has 1 aliphatic carbocycles. The third kappa shape index (κ3) is 2.47. The highest BCUT2D eigenvalue weighted by Gasteiger charge is 2.40. The van der Waals surface area contributed by atoms with Crippen LogP contribution >= 0.6 is 0 Å². The summed E-state index contributed by atoms with van der Waals surface area (Å²) in [6, 6.07) is 5.54. The molecule has 1 fully saturated rings. The van der Waals surface area contributed by atoms with Crippen LogP contribution in [0.15, 0.2) is 58.8 Å². The molecule has 7 heteroatoms. The van der Waals surface area contributed by atoms with Gasteiger partial charge in [0.05, 0.1) is 6.54 Å². The first kappa shape index (κ1) is 14.6. The van der Waals surface area contributed by atoms with Crippen molar-refractivity contribution in [3.8, 4) is 5.82 Å². The minimum atomic E-state index is -0.498. The van der Waals surface area contributed by atoms with E-state index in [0.717, 1.165) is 18.4 Å². The summed E-state index contributed by atoms with van der Waals surface area (Å²) in [6.07, 6.45) is 10.5. The van der Waals surface area contributed by atoms with Crippen LogP contribution in [-0.4, -0.2) is 23.9 Å². The van der Waals surface area contributed by atoms with Gasteiger partial charge in [-0.2, -0.15) is 5.10 Å². The Bertz CT molecular complexity index is 979. The minimum Gasteiger partial charge on any atom is -0.305 e. The van der Waals surface area contributed by atoms with Gasteiger partial charge >= 0.3 is 11.1 Å². The number of rotatable bonds is 4. The Kier molecular flexibility index (Phi) is 3.23. The van der Waals surface area contributed by atoms with Crippen LogP contribution in [0.2, 0.25) is 0 Å². The zero-order valence-corrected chi connectivity index (χ0v) is 13.3. The van der Waals surface area contributed by atoms with E-state index in [-0.39, 0.29) is 5.54 Å². The van der Waals surface area contributed by atoms with Crippen molar-refractivity contribution in [2.24, 2.45) is 0 Å². The summed E-state index contributed by atoms with van der Waals surface area (Å²) in [7, 11) is 0. The summed E-state index contributed by atoms with van der Waals surface area (Å²) in [5, 5.41) is 4.12. The number of aromatic nitrogens is 5. The van der Waals surface area contributed by atoms with Crippen LogP contribution in [0.1, 0.15) is 25.3 Å². The van der Waals surface area contributed by atoms with Crippen molar-refractivity contribution in [1.29, 1.82) is 0 Å². The van der Waals surface area contributed by atoms with E-state index in [9.17, 15) is 9.59 Å². The summed E-state index contributed by atoms with van der Waals surface area (Å²) in [5.74, 6) is 0.702. The molecule has 122 valence electrons. The van der Waals surface area contributed by atoms with Crippen LogP contribution < -0.4 is 11.1 Å². The van der Waals surface area contributed by atoms with E-state index >= 15 is 0 Å². The van der Waals surface area contributed by atoms with Crippen molar-refractivity contribution < 1.29 is 0 Å². The minimum absolute atomic E-state index is 0.178. The second kappa shape index (κ2) is 5.30. The van der Waals surface area contributed by atoms with E-state index < -0.39 is 11.1 Å². The Hall–Kier alpha value is -2.96. The van der Waals surface area contributed by atoms with E-state index in [2.05, 4.69) is 10.1 Å². The SMILES string of the molecule is CC1(n2ccn(Cc3ccc(-n4cccn4)nc3)c(=O)c2=O)CC1. The van der Waals surface area contributed by atoms with E-state index in [0.29, 0.717) is 12.4 Å². The first-order valence-corrected chi connectivity index (χ1v) is 7.84. The molecule has 24 heavy (non-hydrogen) atoms. The molecule has 0 amide bonds. The van der Waals surface area contributed by atoms with Gasteiger partial charge in [0.15, 0.2) is 5.82 Å². The van der Waals surface area contributed by atoms with E-state index in [1.54, 1.807) is 34.0 Å². The van der Waals surface area contributed by atoms with Gasteiger partial charge in [-0.3, -0.25) is 9.59 Å². The summed E-state index contributed by atoms with van der Waals surface area (Å²) in [5.41, 5.74) is -0.286. The average molecular weight is 323 g/mol. The summed E-state index contributed by atoms with van der Waals surface area (Å²) >= 11 is 0. The van der Waals surface area contributed by atoms with Crippen molar-refractivity contribution >= 4 is 0 Å². The third-order valence-electron chi connectivity index (χ3n) is 4.51. The third-order valence-corrected chi connectivity index (χ3v) is 4.51. The summed E-state index contributed by atoms with van der Waals surface area (Å²) < 4.78 is 4.65. The Morgan fingerprint density at radius 3 is 2.58 bits per heavy atom. The van der Waals surface area contributed by atoms with Crippen molar-refractivity contribution in [3.63, 3.8) is 0 Å². The molecule has 0 spiro atoms. The largest absolute Gasteiger partial charge is 0.316 e. The standard InChI is InChI=1S/C17H17N5O2/c1-17(5-6-17)21-10-9-20(15(23)16(21)24)12-13-3-4-14(18-11-13)22-8-2-7-19-22/h2-4,7-11H,5-6,12H2,1H3. The first-order valence-electron chi connectivity index (χ1n) is 7.84. The Balaban J connectivity index is 1.61. The lowest BCUT2D eigenvalue weighted by Gasteiger charge is -2.14. The second-order valence-electron chi connectivity index (χ2n) is 6.38. The molecular weight excluding hydrogens is 306 g/mol. The molecule has 3 aromatic rings. The highest BCUT2D eigenvalue weighted by molar-refractivity contribution is 5.24. The van der Waals surface area contributed by atoms with Crippen LogP contribution in [0.5, 0.6) is 0 Å². The molecule has 0 aliphatic heterocycles. The van der Waals surface area contributed by atoms with Gasteiger partial charge in [-0.25, -0.2) is 9.67 Å². The zero-order valence-electron chi connectivity index (χ0n) is 13.3. The van der Waals surface area contributed by atoms with Crippen LogP contribution in [-0.2, 0) is 12.1 Å². The molecule has 4 rings (SSSR count). The predicted octanol–water partition coefficient (Wildman–Crippen LogP) is 1.15. The normalized spacial score (nSPS) is 15.4. The number of nitrogens with zero attached hydrogens (tertiary/aromatic N) is 5. The Morgan fingerprint density at radius 2 is 1.96 bits per heavy atom. The molecule has 0 radical (unpaired) electrons. The van der Waals surface area contributed by atoms with Crippen LogP contribution in [0.3, 0.4) is 0 Å². The fraction of sp³-hybridized carbons (Fsp3) is 0.294. The number of hydrogen-bond donors (Lipinski definition) is 0. The Morgan fingerprint density at radius 1 is 1.12 bits per heavy atom. The van der Waals surface area contributed by atoms with Crippen LogP contribution in [0.25, 0.3) is 5.82 Å². The maximum atomic E-state index is 12.3. The fourth-order valence-electron chi connectivity index (χ4n) is 2.73. The van der Waals surface area contributed by atoms with Crippen molar-refractivity contribution in [2.45, 2.75) is 31.8 Å². The van der Waals surface area contributed by atoms with Crippen molar-refractivity contribution in [3.05, 3.63) is 75.5 Å². The molecule has 0 bridgehead atoms. The number of pyridine rings is 1. The lowest BCUT2D eigenvalue weighted by molar-refractivity contribution is 0.496. The Labute approximate surface area is 137 Å². The topological polar surface area (TPSA) is 74.7 Å². The monoisotopic (exact) mass is 323 g/mol. The summed E-state index contributed by atoms with van der Waals surface area (Å²) in [6.45, 7) is 2.31. The van der Waals surface area contributed by atoms with Crippen LogP contribution in [0, 0.1) is 0 Å². The van der Waals surface area contributed by atoms with Crippen molar-refractivity contribution in [1.82, 2.24) is 23.9 Å². The van der Waals surface area contributed by atoms with E-state index in [4.69, 9.17) is 0 Å². The quantitative estimate of drug-likeness (QED) is 0.675. The van der Waals surface area contributed by atoms with Crippen LogP contribution in [0.4, 0.5) is 0 Å². The summed E-state index contributed by atoms with van der Waals surface area (Å²) in [4.78, 5) is 28.9. The maximum Gasteiger partial charge on any atom is 0.316 e. The molecule has 0 aromatic carbocycles. The van der Waals surface area contributed by atoms with E-state index in [1.807, 2.05) is 31.3 Å². The highest BCUT2D eigenvalue weighted by Crippen LogP contribution is 2.41. The molecule has 0 N–H and O–H groups in total. The molecule has 1 saturated carbocycles. The predicted molar refractivity (Wildman–Crippen MR) is 88.3 cm³/mol. The molecule has 3 aromatic heterocycles. The molecule has 7 nitrogen and oxygen atoms in total. The molecular formula is C17H17N5O2. The molecule has 0 unspecified atom stereocenters.